The molecule has 0 spiro atoms. The standard InChI is InChI=1S/C16H25N3O3/c1-16(2,3)22-14(20)10-19-15(21)12-6-4-11(5-7-12)13(8-17)9-18/h4-7,13H,8-10,17-18H2,1-3H3,(H,19,21). The van der Waals surface area contributed by atoms with Gasteiger partial charge < -0.3 is 21.5 Å². The molecule has 0 radical (unpaired) electrons. The van der Waals surface area contributed by atoms with Crippen LogP contribution in [0, 0.1) is 0 Å². The molecule has 0 aliphatic heterocycles. The van der Waals surface area contributed by atoms with Crippen LogP contribution in [0.4, 0.5) is 0 Å². The second kappa shape index (κ2) is 7.91. The lowest BCUT2D eigenvalue weighted by Crippen LogP contribution is -2.34. The molecule has 1 rings (SSSR count). The average molecular weight is 307 g/mol. The van der Waals surface area contributed by atoms with Gasteiger partial charge in [0.05, 0.1) is 0 Å². The third kappa shape index (κ3) is 5.83. The Morgan fingerprint density at radius 2 is 1.68 bits per heavy atom. The molecule has 0 heterocycles. The van der Waals surface area contributed by atoms with Gasteiger partial charge in [-0.25, -0.2) is 0 Å². The molecule has 0 aromatic heterocycles. The Morgan fingerprint density at radius 1 is 1.14 bits per heavy atom. The number of rotatable bonds is 6. The summed E-state index contributed by atoms with van der Waals surface area (Å²) in [5.41, 5.74) is 12.2. The van der Waals surface area contributed by atoms with E-state index in [-0.39, 0.29) is 18.4 Å². The van der Waals surface area contributed by atoms with E-state index in [2.05, 4.69) is 5.32 Å². The number of amides is 1. The number of nitrogens with two attached hydrogens (primary N) is 2. The van der Waals surface area contributed by atoms with Crippen molar-refractivity contribution in [2.45, 2.75) is 32.3 Å². The van der Waals surface area contributed by atoms with E-state index in [0.29, 0.717) is 18.7 Å². The van der Waals surface area contributed by atoms with Gasteiger partial charge >= 0.3 is 5.97 Å². The number of carbonyl (C=O) groups is 2. The topological polar surface area (TPSA) is 107 Å². The first-order valence-corrected chi connectivity index (χ1v) is 7.27. The molecule has 0 aliphatic rings. The summed E-state index contributed by atoms with van der Waals surface area (Å²) in [7, 11) is 0. The van der Waals surface area contributed by atoms with Crippen LogP contribution in [-0.4, -0.2) is 37.1 Å². The Morgan fingerprint density at radius 3 is 2.14 bits per heavy atom. The second-order valence-electron chi connectivity index (χ2n) is 6.06. The largest absolute Gasteiger partial charge is 0.459 e. The SMILES string of the molecule is CC(C)(C)OC(=O)CNC(=O)c1ccc(C(CN)CN)cc1. The van der Waals surface area contributed by atoms with Gasteiger partial charge in [0, 0.05) is 24.6 Å². The third-order valence-electron chi connectivity index (χ3n) is 3.03. The molecule has 122 valence electrons. The minimum absolute atomic E-state index is 0.0823. The lowest BCUT2D eigenvalue weighted by Gasteiger charge is -2.19. The van der Waals surface area contributed by atoms with Gasteiger partial charge in [-0.15, -0.1) is 0 Å². The molecule has 0 fully saturated rings. The highest BCUT2D eigenvalue weighted by molar-refractivity contribution is 5.95. The van der Waals surface area contributed by atoms with Crippen molar-refractivity contribution in [2.24, 2.45) is 11.5 Å². The number of ether oxygens (including phenoxy) is 1. The van der Waals surface area contributed by atoms with E-state index in [9.17, 15) is 9.59 Å². The van der Waals surface area contributed by atoms with Gasteiger partial charge in [-0.1, -0.05) is 12.1 Å². The molecular formula is C16H25N3O3. The molecule has 1 aromatic carbocycles. The van der Waals surface area contributed by atoms with Crippen molar-refractivity contribution in [3.8, 4) is 0 Å². The quantitative estimate of drug-likeness (QED) is 0.673. The lowest BCUT2D eigenvalue weighted by atomic mass is 9.98. The van der Waals surface area contributed by atoms with Crippen molar-refractivity contribution in [3.63, 3.8) is 0 Å². The number of benzene rings is 1. The molecule has 0 saturated carbocycles. The smallest absolute Gasteiger partial charge is 0.325 e. The molecule has 22 heavy (non-hydrogen) atoms. The Bertz CT molecular complexity index is 502. The van der Waals surface area contributed by atoms with Crippen LogP contribution >= 0.6 is 0 Å². The van der Waals surface area contributed by atoms with Crippen LogP contribution in [0.15, 0.2) is 24.3 Å². The van der Waals surface area contributed by atoms with E-state index in [0.717, 1.165) is 5.56 Å². The summed E-state index contributed by atoms with van der Waals surface area (Å²) >= 11 is 0. The van der Waals surface area contributed by atoms with E-state index in [4.69, 9.17) is 16.2 Å². The Labute approximate surface area is 131 Å². The van der Waals surface area contributed by atoms with Gasteiger partial charge in [0.1, 0.15) is 12.1 Å². The summed E-state index contributed by atoms with van der Waals surface area (Å²) in [6, 6.07) is 7.04. The molecule has 0 unspecified atom stereocenters. The van der Waals surface area contributed by atoms with Gasteiger partial charge in [0.25, 0.3) is 5.91 Å². The molecule has 6 heteroatoms. The average Bonchev–Trinajstić information content (AvgIpc) is 2.45. The molecule has 0 atom stereocenters. The van der Waals surface area contributed by atoms with Gasteiger partial charge in [0.2, 0.25) is 0 Å². The van der Waals surface area contributed by atoms with E-state index >= 15 is 0 Å². The van der Waals surface area contributed by atoms with Crippen molar-refractivity contribution < 1.29 is 14.3 Å². The maximum atomic E-state index is 12.0. The maximum Gasteiger partial charge on any atom is 0.325 e. The molecule has 1 amide bonds. The molecule has 5 N–H and O–H groups in total. The Kier molecular flexibility index (Phi) is 6.52. The van der Waals surface area contributed by atoms with Crippen molar-refractivity contribution in [3.05, 3.63) is 35.4 Å². The summed E-state index contributed by atoms with van der Waals surface area (Å²) in [4.78, 5) is 23.5. The minimum atomic E-state index is -0.567. The highest BCUT2D eigenvalue weighted by Crippen LogP contribution is 2.14. The Balaban J connectivity index is 2.58. The number of esters is 1. The maximum absolute atomic E-state index is 12.0. The monoisotopic (exact) mass is 307 g/mol. The summed E-state index contributed by atoms with van der Waals surface area (Å²) < 4.78 is 5.12. The zero-order chi connectivity index (χ0) is 16.8. The van der Waals surface area contributed by atoms with Gasteiger partial charge in [-0.3, -0.25) is 9.59 Å². The normalized spacial score (nSPS) is 11.4. The first-order chi connectivity index (χ1) is 10.3. The minimum Gasteiger partial charge on any atom is -0.459 e. The second-order valence-corrected chi connectivity index (χ2v) is 6.06. The van der Waals surface area contributed by atoms with Crippen molar-refractivity contribution in [1.29, 1.82) is 0 Å². The lowest BCUT2D eigenvalue weighted by molar-refractivity contribution is -0.153. The number of hydrogen-bond acceptors (Lipinski definition) is 5. The van der Waals surface area contributed by atoms with E-state index < -0.39 is 11.6 Å². The molecule has 0 saturated heterocycles. The Hall–Kier alpha value is -1.92. The van der Waals surface area contributed by atoms with Gasteiger partial charge in [-0.2, -0.15) is 0 Å². The van der Waals surface area contributed by atoms with Crippen molar-refractivity contribution in [1.82, 2.24) is 5.32 Å². The highest BCUT2D eigenvalue weighted by Gasteiger charge is 2.17. The van der Waals surface area contributed by atoms with E-state index in [1.165, 1.54) is 0 Å². The molecule has 1 aromatic rings. The van der Waals surface area contributed by atoms with Gasteiger partial charge in [-0.05, 0) is 38.5 Å². The molecular weight excluding hydrogens is 282 g/mol. The zero-order valence-corrected chi connectivity index (χ0v) is 13.4. The van der Waals surface area contributed by atoms with Crippen LogP contribution in [0.5, 0.6) is 0 Å². The van der Waals surface area contributed by atoms with Crippen LogP contribution < -0.4 is 16.8 Å². The van der Waals surface area contributed by atoms with Crippen molar-refractivity contribution in [2.75, 3.05) is 19.6 Å². The van der Waals surface area contributed by atoms with Crippen molar-refractivity contribution >= 4 is 11.9 Å². The third-order valence-corrected chi connectivity index (χ3v) is 3.03. The van der Waals surface area contributed by atoms with Crippen LogP contribution in [0.3, 0.4) is 0 Å². The molecule has 0 bridgehead atoms. The highest BCUT2D eigenvalue weighted by atomic mass is 16.6. The first kappa shape index (κ1) is 18.1. The molecule has 0 aliphatic carbocycles. The van der Waals surface area contributed by atoms with E-state index in [1.807, 2.05) is 12.1 Å². The number of carbonyl (C=O) groups excluding carboxylic acids is 2. The number of hydrogen-bond donors (Lipinski definition) is 3. The fourth-order valence-electron chi connectivity index (χ4n) is 1.91. The predicted octanol–water partition coefficient (Wildman–Crippen LogP) is 0.759. The zero-order valence-electron chi connectivity index (χ0n) is 13.4. The summed E-state index contributed by atoms with van der Waals surface area (Å²) in [6.07, 6.45) is 0. The summed E-state index contributed by atoms with van der Waals surface area (Å²) in [5, 5.41) is 2.54. The van der Waals surface area contributed by atoms with E-state index in [1.54, 1.807) is 32.9 Å². The van der Waals surface area contributed by atoms with Crippen LogP contribution in [0.1, 0.15) is 42.6 Å². The number of nitrogens with one attached hydrogen (secondary N) is 1. The van der Waals surface area contributed by atoms with Crippen LogP contribution in [-0.2, 0) is 9.53 Å². The summed E-state index contributed by atoms with van der Waals surface area (Å²) in [6.45, 7) is 6.08. The fraction of sp³-hybridized carbons (Fsp3) is 0.500. The fourth-order valence-corrected chi connectivity index (χ4v) is 1.91. The predicted molar refractivity (Wildman–Crippen MR) is 85.5 cm³/mol. The summed E-state index contributed by atoms with van der Waals surface area (Å²) in [5.74, 6) is -0.711. The van der Waals surface area contributed by atoms with Crippen LogP contribution in [0.2, 0.25) is 0 Å². The molecule has 6 nitrogen and oxygen atoms in total. The van der Waals surface area contributed by atoms with Gasteiger partial charge in [0.15, 0.2) is 0 Å². The van der Waals surface area contributed by atoms with Crippen LogP contribution in [0.25, 0.3) is 0 Å². The first-order valence-electron chi connectivity index (χ1n) is 7.27.